The molecule has 7 atom stereocenters. The molecule has 13 aliphatic rings. The lowest BCUT2D eigenvalue weighted by Gasteiger charge is -2.64. The SMILES string of the molecule is Cc1cccc2c1N1C(C)c3c(c4cccnc4n3C)C1(C)C(C)(C)C2(C)C.Cc1cccc2c1N1C(C)c3c(c4cccnc4n3C)C1(C)C(C)(C)C2(C)C.Cc1ccccc1N1C(C)c2c(c3cccnc3n2C)C12C1CC3CC(C1)CC2C3.Cc1ccccc1N1C(C)c2c(c3cccnc3n2C)C12CCCC2.Cc1ccccc1N1C(C)c2c(c3cccnc3n2C)C12CCCCC2. The van der Waals surface area contributed by atoms with Crippen LogP contribution in [0, 0.1) is 69.1 Å². The third kappa shape index (κ3) is 11.5. The van der Waals surface area contributed by atoms with Gasteiger partial charge in [0.2, 0.25) is 0 Å². The number of rotatable bonds is 3. The van der Waals surface area contributed by atoms with Gasteiger partial charge in [-0.15, -0.1) is 0 Å². The highest BCUT2D eigenvalue weighted by Crippen LogP contribution is 2.74. The smallest absolute Gasteiger partial charge is 0.140 e. The molecule has 7 unspecified atom stereocenters. The van der Waals surface area contributed by atoms with Gasteiger partial charge in [0.15, 0.2) is 0 Å². The fourth-order valence-corrected chi connectivity index (χ4v) is 32.8. The molecule has 6 saturated carbocycles. The molecule has 3 spiro atoms. The normalized spacial score (nSPS) is 26.9. The maximum Gasteiger partial charge on any atom is 0.140 e. The summed E-state index contributed by atoms with van der Waals surface area (Å²) in [5, 5.41) is 6.72. The predicted molar refractivity (Wildman–Crippen MR) is 566 cm³/mol. The van der Waals surface area contributed by atoms with E-state index >= 15 is 0 Å². The molecule has 6 fully saturated rings. The number of aromatic nitrogens is 10. The summed E-state index contributed by atoms with van der Waals surface area (Å²) in [7, 11) is 11.0. The van der Waals surface area contributed by atoms with Crippen LogP contribution in [0.15, 0.2) is 201 Å². The van der Waals surface area contributed by atoms with Crippen LogP contribution in [0.25, 0.3) is 55.2 Å². The van der Waals surface area contributed by atoms with E-state index in [9.17, 15) is 0 Å². The average molecular weight is 1820 g/mol. The lowest BCUT2D eigenvalue weighted by Crippen LogP contribution is -2.62. The molecule has 15 nitrogen and oxygen atoms in total. The summed E-state index contributed by atoms with van der Waals surface area (Å²) < 4.78 is 11.8. The van der Waals surface area contributed by atoms with Crippen molar-refractivity contribution in [2.75, 3.05) is 24.5 Å². The molecule has 10 aromatic heterocycles. The van der Waals surface area contributed by atoms with Crippen LogP contribution in [0.1, 0.15) is 319 Å². The van der Waals surface area contributed by atoms with E-state index in [4.69, 9.17) is 24.9 Å². The number of nitrogens with zero attached hydrogens (tertiary/aromatic N) is 15. The number of aryl methyl sites for hydroxylation is 10. The molecule has 0 amide bonds. The zero-order valence-electron chi connectivity index (χ0n) is 86.4. The Balaban J connectivity index is 0.0000000962. The molecule has 4 bridgehead atoms. The summed E-state index contributed by atoms with van der Waals surface area (Å²) >= 11 is 0. The number of benzene rings is 5. The highest BCUT2D eigenvalue weighted by Gasteiger charge is 2.70. The maximum absolute atomic E-state index is 4.83. The Morgan fingerprint density at radius 1 is 0.270 bits per heavy atom. The largest absolute Gasteiger partial charge is 0.353 e. The van der Waals surface area contributed by atoms with Gasteiger partial charge in [0.1, 0.15) is 28.2 Å². The second kappa shape index (κ2) is 31.0. The average Bonchev–Trinajstić information content (AvgIpc) is 1.50. The van der Waals surface area contributed by atoms with Crippen LogP contribution >= 0.6 is 0 Å². The van der Waals surface area contributed by atoms with Crippen molar-refractivity contribution < 1.29 is 0 Å². The minimum atomic E-state index is -0.118. The third-order valence-electron chi connectivity index (χ3n) is 39.9. The number of para-hydroxylation sites is 5. The van der Waals surface area contributed by atoms with Crippen molar-refractivity contribution in [2.45, 2.75) is 297 Å². The Hall–Kier alpha value is -11.5. The van der Waals surface area contributed by atoms with Crippen molar-refractivity contribution in [3.63, 3.8) is 0 Å². The molecular formula is C122H145N15. The lowest BCUT2D eigenvalue weighted by molar-refractivity contribution is -0.0596. The van der Waals surface area contributed by atoms with Crippen LogP contribution in [0.3, 0.4) is 0 Å². The summed E-state index contributed by atoms with van der Waals surface area (Å²) in [6, 6.07) is 64.2. The van der Waals surface area contributed by atoms with Gasteiger partial charge < -0.3 is 47.3 Å². The fourth-order valence-electron chi connectivity index (χ4n) is 32.8. The fraction of sp³-hybridized carbons (Fsp3) is 0.467. The van der Waals surface area contributed by atoms with Gasteiger partial charge in [0.25, 0.3) is 0 Å². The second-order valence-corrected chi connectivity index (χ2v) is 46.6. The molecule has 0 saturated heterocycles. The van der Waals surface area contributed by atoms with Crippen molar-refractivity contribution in [3.05, 3.63) is 296 Å². The predicted octanol–water partition coefficient (Wildman–Crippen LogP) is 29.0. The minimum Gasteiger partial charge on any atom is -0.353 e. The number of hydrogen-bond acceptors (Lipinski definition) is 10. The first-order valence-corrected chi connectivity index (χ1v) is 52.1. The van der Waals surface area contributed by atoms with Gasteiger partial charge in [-0.05, 0) is 293 Å². The van der Waals surface area contributed by atoms with Crippen molar-refractivity contribution in [1.29, 1.82) is 0 Å². The summed E-state index contributed by atoms with van der Waals surface area (Å²) in [5.41, 5.74) is 37.8. The zero-order chi connectivity index (χ0) is 95.7. The van der Waals surface area contributed by atoms with Gasteiger partial charge >= 0.3 is 0 Å². The highest BCUT2D eigenvalue weighted by atomic mass is 15.4. The maximum atomic E-state index is 4.83. The third-order valence-corrected chi connectivity index (χ3v) is 39.9. The van der Waals surface area contributed by atoms with E-state index in [0.717, 1.165) is 46.3 Å². The Bertz CT molecular complexity index is 7190. The van der Waals surface area contributed by atoms with Gasteiger partial charge in [0, 0.05) is 189 Å². The minimum absolute atomic E-state index is 0.0183. The van der Waals surface area contributed by atoms with Crippen LogP contribution in [-0.2, 0) is 73.8 Å². The molecule has 708 valence electrons. The van der Waals surface area contributed by atoms with E-state index in [1.807, 2.05) is 31.0 Å². The molecule has 28 rings (SSSR count). The van der Waals surface area contributed by atoms with E-state index in [2.05, 4.69) is 391 Å². The molecule has 137 heavy (non-hydrogen) atoms. The first-order valence-electron chi connectivity index (χ1n) is 52.1. The van der Waals surface area contributed by atoms with Crippen molar-refractivity contribution in [1.82, 2.24) is 47.8 Å². The number of pyridine rings is 5. The van der Waals surface area contributed by atoms with Crippen LogP contribution in [-0.4, -0.2) is 47.8 Å². The molecule has 15 heteroatoms. The van der Waals surface area contributed by atoms with Crippen molar-refractivity contribution >= 4 is 83.6 Å². The van der Waals surface area contributed by atoms with E-state index < -0.39 is 0 Å². The summed E-state index contributed by atoms with van der Waals surface area (Å²) in [4.78, 5) is 37.5. The monoisotopic (exact) mass is 1820 g/mol. The van der Waals surface area contributed by atoms with E-state index in [1.54, 1.807) is 16.7 Å². The van der Waals surface area contributed by atoms with Crippen LogP contribution in [0.5, 0.6) is 0 Å². The summed E-state index contributed by atoms with van der Waals surface area (Å²) in [6.45, 7) is 47.8. The molecule has 0 radical (unpaired) electrons. The van der Waals surface area contributed by atoms with Crippen LogP contribution in [0.2, 0.25) is 0 Å². The summed E-state index contributed by atoms with van der Waals surface area (Å²) in [6.07, 6.45) is 28.4. The molecule has 6 aliphatic carbocycles. The van der Waals surface area contributed by atoms with E-state index in [0.29, 0.717) is 30.2 Å². The molecule has 5 aromatic carbocycles. The molecule has 15 aromatic rings. The lowest BCUT2D eigenvalue weighted by atomic mass is 9.47. The van der Waals surface area contributed by atoms with Gasteiger partial charge in [-0.2, -0.15) is 0 Å². The quantitative estimate of drug-likeness (QED) is 0.170. The van der Waals surface area contributed by atoms with Crippen LogP contribution < -0.4 is 24.5 Å². The van der Waals surface area contributed by atoms with Gasteiger partial charge in [-0.3, -0.25) is 0 Å². The standard InChI is InChI=1S/C27H31N3.2C25H31N3.C23H27N3.C22H25N3/c1-16-7-4-5-9-23(16)30-17(2)25-24(22-8-6-10-28-26(22)29(25)3)27(30)20-12-18-11-19(14-20)15-21(27)13-18;2*1-15-11-9-13-18-20(15)28-16(2)21-19(17-12-10-14-26-22(17)27(21)8)25(28,7)24(5,6)23(18,3)4;1-16-10-5-6-12-19(16)26-17(2)21-20(23(26)13-7-4-8-14-23)18-11-9-15-24-22(18)25(21)3;1-15-9-4-5-11-18(15)25-16(2)20-19(22(25)12-6-7-13-22)17-10-8-14-23-21(17)24(20)3/h4-10,17-21H,11-15H2,1-3H3;2*9-14,16H,1-8H3;5-6,9-12,15,17H,4,7-8,13-14H2,1-3H3;4-5,8-11,14,16H,6-7,12-13H2,1-3H3. The van der Waals surface area contributed by atoms with Crippen LogP contribution in [0.4, 0.5) is 28.4 Å². The van der Waals surface area contributed by atoms with Gasteiger partial charge in [-0.25, -0.2) is 24.9 Å². The Morgan fingerprint density at radius 3 is 0.876 bits per heavy atom. The first kappa shape index (κ1) is 89.5. The van der Waals surface area contributed by atoms with Gasteiger partial charge in [-0.1, -0.05) is 178 Å². The number of hydrogen-bond donors (Lipinski definition) is 0. The van der Waals surface area contributed by atoms with E-state index in [-0.39, 0.29) is 49.4 Å². The van der Waals surface area contributed by atoms with Crippen molar-refractivity contribution in [3.8, 4) is 0 Å². The van der Waals surface area contributed by atoms with Crippen molar-refractivity contribution in [2.24, 2.45) is 69.7 Å². The zero-order valence-corrected chi connectivity index (χ0v) is 86.4. The number of fused-ring (bicyclic) bond motifs is 25. The highest BCUT2D eigenvalue weighted by molar-refractivity contribution is 5.93. The molecule has 0 N–H and O–H groups in total. The molecule has 17 heterocycles. The molecular weight excluding hydrogens is 1680 g/mol. The molecule has 7 aliphatic heterocycles. The summed E-state index contributed by atoms with van der Waals surface area (Å²) in [5.74, 6) is 3.46. The topological polar surface area (TPSA) is 105 Å². The first-order chi connectivity index (χ1) is 65.5. The van der Waals surface area contributed by atoms with E-state index in [1.165, 1.54) is 229 Å². The second-order valence-electron chi connectivity index (χ2n) is 46.6. The Kier molecular flexibility index (Phi) is 20.3. The number of anilines is 5. The Morgan fingerprint density at radius 2 is 0.540 bits per heavy atom. The Labute approximate surface area is 813 Å². The van der Waals surface area contributed by atoms with Gasteiger partial charge in [0.05, 0.1) is 57.9 Å².